The number of hydrogen-bond donors (Lipinski definition) is 1. The van der Waals surface area contributed by atoms with Crippen molar-refractivity contribution < 1.29 is 27.5 Å². The summed E-state index contributed by atoms with van der Waals surface area (Å²) in [5.74, 6) is 0.0892. The van der Waals surface area contributed by atoms with Crippen LogP contribution in [0, 0.1) is 0 Å². The Labute approximate surface area is 239 Å². The summed E-state index contributed by atoms with van der Waals surface area (Å²) < 4.78 is 37.4. The van der Waals surface area contributed by atoms with E-state index in [1.54, 1.807) is 30.3 Å². The topological polar surface area (TPSA) is 105 Å². The van der Waals surface area contributed by atoms with Gasteiger partial charge in [0.1, 0.15) is 12.6 Å². The second-order valence-electron chi connectivity index (χ2n) is 9.84. The van der Waals surface area contributed by atoms with Crippen LogP contribution in [0.1, 0.15) is 51.0 Å². The van der Waals surface area contributed by atoms with E-state index in [4.69, 9.17) is 32.7 Å². The van der Waals surface area contributed by atoms with E-state index in [0.717, 1.165) is 42.7 Å². The molecule has 4 rings (SSSR count). The monoisotopic (exact) mass is 597 g/mol. The van der Waals surface area contributed by atoms with Crippen molar-refractivity contribution in [3.8, 4) is 11.5 Å². The Morgan fingerprint density at radius 2 is 1.74 bits per heavy atom. The van der Waals surface area contributed by atoms with Gasteiger partial charge in [0.25, 0.3) is 0 Å². The van der Waals surface area contributed by atoms with Gasteiger partial charge in [-0.15, -0.1) is 0 Å². The molecule has 1 atom stereocenters. The first-order chi connectivity index (χ1) is 18.6. The summed E-state index contributed by atoms with van der Waals surface area (Å²) in [7, 11) is -3.87. The summed E-state index contributed by atoms with van der Waals surface area (Å²) in [4.78, 5) is 28.8. The maximum atomic E-state index is 13.9. The van der Waals surface area contributed by atoms with Crippen molar-refractivity contribution >= 4 is 50.7 Å². The molecule has 1 aliphatic carbocycles. The lowest BCUT2D eigenvalue weighted by atomic mass is 9.95. The Hall–Kier alpha value is -2.69. The second-order valence-corrected chi connectivity index (χ2v) is 12.6. The van der Waals surface area contributed by atoms with Gasteiger partial charge in [-0.3, -0.25) is 13.9 Å². The minimum Gasteiger partial charge on any atom is -0.454 e. The molecule has 0 aromatic heterocycles. The summed E-state index contributed by atoms with van der Waals surface area (Å²) in [6.45, 7) is 1.40. The van der Waals surface area contributed by atoms with Gasteiger partial charge in [-0.1, -0.05) is 55.5 Å². The van der Waals surface area contributed by atoms with Crippen LogP contribution in [0.15, 0.2) is 36.4 Å². The third kappa shape index (κ3) is 7.29. The molecule has 2 amide bonds. The SMILES string of the molecule is CC[C@H](C(=O)NC1CCCCC1)N(Cc1ccc(Cl)c(Cl)c1)C(=O)CN(c1ccc2c(c1)OCO2)S(C)(=O)=O. The van der Waals surface area contributed by atoms with Crippen LogP contribution in [-0.4, -0.2) is 56.8 Å². The molecule has 0 radical (unpaired) electrons. The lowest BCUT2D eigenvalue weighted by Gasteiger charge is -2.34. The molecule has 2 aromatic rings. The number of halogens is 2. The van der Waals surface area contributed by atoms with E-state index in [2.05, 4.69) is 5.32 Å². The Kier molecular flexibility index (Phi) is 9.51. The Morgan fingerprint density at radius 3 is 2.41 bits per heavy atom. The van der Waals surface area contributed by atoms with Gasteiger partial charge in [0.15, 0.2) is 11.5 Å². The fourth-order valence-electron chi connectivity index (χ4n) is 4.95. The van der Waals surface area contributed by atoms with Crippen molar-refractivity contribution in [1.29, 1.82) is 0 Å². The van der Waals surface area contributed by atoms with E-state index < -0.39 is 28.5 Å². The van der Waals surface area contributed by atoms with Crippen molar-refractivity contribution in [2.45, 2.75) is 64.1 Å². The quantitative estimate of drug-likeness (QED) is 0.424. The van der Waals surface area contributed by atoms with Crippen molar-refractivity contribution in [2.75, 3.05) is 23.9 Å². The lowest BCUT2D eigenvalue weighted by molar-refractivity contribution is -0.140. The van der Waals surface area contributed by atoms with Crippen LogP contribution in [0.4, 0.5) is 5.69 Å². The number of hydrogen-bond acceptors (Lipinski definition) is 6. The van der Waals surface area contributed by atoms with Gasteiger partial charge in [-0.2, -0.15) is 0 Å². The first-order valence-electron chi connectivity index (χ1n) is 13.0. The van der Waals surface area contributed by atoms with Crippen LogP contribution in [0.25, 0.3) is 0 Å². The van der Waals surface area contributed by atoms with Gasteiger partial charge in [-0.25, -0.2) is 8.42 Å². The van der Waals surface area contributed by atoms with E-state index in [0.29, 0.717) is 33.5 Å². The Bertz CT molecular complexity index is 1320. The van der Waals surface area contributed by atoms with Crippen molar-refractivity contribution in [3.05, 3.63) is 52.0 Å². The van der Waals surface area contributed by atoms with Crippen molar-refractivity contribution in [3.63, 3.8) is 0 Å². The third-order valence-corrected chi connectivity index (χ3v) is 8.88. The molecule has 1 fully saturated rings. The van der Waals surface area contributed by atoms with Crippen LogP contribution in [0.2, 0.25) is 10.0 Å². The fourth-order valence-corrected chi connectivity index (χ4v) is 6.11. The highest BCUT2D eigenvalue weighted by atomic mass is 35.5. The molecule has 0 bridgehead atoms. The summed E-state index contributed by atoms with van der Waals surface area (Å²) in [6.07, 6.45) is 6.41. The average Bonchev–Trinajstić information content (AvgIpc) is 3.37. The molecule has 1 saturated carbocycles. The summed E-state index contributed by atoms with van der Waals surface area (Å²) in [5, 5.41) is 3.80. The molecule has 2 aromatic carbocycles. The zero-order valence-electron chi connectivity index (χ0n) is 22.0. The molecule has 1 N–H and O–H groups in total. The molecule has 2 aliphatic rings. The predicted octanol–water partition coefficient (Wildman–Crippen LogP) is 4.74. The lowest BCUT2D eigenvalue weighted by Crippen LogP contribution is -2.53. The van der Waals surface area contributed by atoms with Gasteiger partial charge in [0, 0.05) is 18.7 Å². The molecular weight excluding hydrogens is 565 g/mol. The van der Waals surface area contributed by atoms with Crippen molar-refractivity contribution in [1.82, 2.24) is 10.2 Å². The molecule has 1 aliphatic heterocycles. The Morgan fingerprint density at radius 1 is 1.03 bits per heavy atom. The van der Waals surface area contributed by atoms with Gasteiger partial charge in [0.2, 0.25) is 28.6 Å². The normalized spacial score (nSPS) is 16.0. The highest BCUT2D eigenvalue weighted by Crippen LogP contribution is 2.36. The van der Waals surface area contributed by atoms with Crippen LogP contribution < -0.4 is 19.1 Å². The molecule has 0 spiro atoms. The number of amides is 2. The fraction of sp³-hybridized carbons (Fsp3) is 0.481. The molecular formula is C27H33Cl2N3O6S. The van der Waals surface area contributed by atoms with Crippen LogP contribution in [-0.2, 0) is 26.2 Å². The number of carbonyl (C=O) groups excluding carboxylic acids is 2. The zero-order valence-corrected chi connectivity index (χ0v) is 24.3. The number of benzene rings is 2. The highest BCUT2D eigenvalue weighted by molar-refractivity contribution is 7.92. The van der Waals surface area contributed by atoms with Crippen molar-refractivity contribution in [2.24, 2.45) is 0 Å². The molecule has 0 saturated heterocycles. The summed E-state index contributed by atoms with van der Waals surface area (Å²) >= 11 is 12.3. The minimum absolute atomic E-state index is 0.0301. The van der Waals surface area contributed by atoms with E-state index in [1.165, 1.54) is 11.0 Å². The number of fused-ring (bicyclic) bond motifs is 1. The first-order valence-corrected chi connectivity index (χ1v) is 15.6. The molecule has 12 heteroatoms. The number of rotatable bonds is 10. The van der Waals surface area contributed by atoms with Crippen LogP contribution in [0.3, 0.4) is 0 Å². The number of sulfonamides is 1. The largest absolute Gasteiger partial charge is 0.454 e. The number of nitrogens with one attached hydrogen (secondary N) is 1. The highest BCUT2D eigenvalue weighted by Gasteiger charge is 2.33. The summed E-state index contributed by atoms with van der Waals surface area (Å²) in [5.41, 5.74) is 0.917. The maximum Gasteiger partial charge on any atom is 0.244 e. The molecule has 1 heterocycles. The minimum atomic E-state index is -3.87. The summed E-state index contributed by atoms with van der Waals surface area (Å²) in [6, 6.07) is 8.91. The molecule has 9 nitrogen and oxygen atoms in total. The number of nitrogens with zero attached hydrogens (tertiary/aromatic N) is 2. The van der Waals surface area contributed by atoms with Gasteiger partial charge < -0.3 is 19.7 Å². The van der Waals surface area contributed by atoms with E-state index in [1.807, 2.05) is 6.92 Å². The first kappa shape index (κ1) is 29.3. The zero-order chi connectivity index (χ0) is 28.2. The molecule has 0 unspecified atom stereocenters. The smallest absolute Gasteiger partial charge is 0.244 e. The number of carbonyl (C=O) groups is 2. The van der Waals surface area contributed by atoms with Gasteiger partial charge in [-0.05, 0) is 49.1 Å². The predicted molar refractivity (Wildman–Crippen MR) is 151 cm³/mol. The maximum absolute atomic E-state index is 13.9. The average molecular weight is 599 g/mol. The standard InChI is InChI=1S/C27H33Cl2N3O6S/c1-3-23(27(34)30-19-7-5-4-6-8-19)31(15-18-9-11-21(28)22(29)13-18)26(33)16-32(39(2,35)36)20-10-12-24-25(14-20)38-17-37-24/h9-14,19,23H,3-8,15-17H2,1-2H3,(H,30,34)/t23-/m1/s1. The van der Waals surface area contributed by atoms with Crippen LogP contribution >= 0.6 is 23.2 Å². The third-order valence-electron chi connectivity index (χ3n) is 7.00. The number of ether oxygens (including phenoxy) is 2. The van der Waals surface area contributed by atoms with Gasteiger partial charge >= 0.3 is 0 Å². The van der Waals surface area contributed by atoms with E-state index in [9.17, 15) is 18.0 Å². The Balaban J connectivity index is 1.63. The van der Waals surface area contributed by atoms with Gasteiger partial charge in [0.05, 0.1) is 22.0 Å². The van der Waals surface area contributed by atoms with Crippen LogP contribution in [0.5, 0.6) is 11.5 Å². The molecule has 212 valence electrons. The number of anilines is 1. The molecule has 39 heavy (non-hydrogen) atoms. The van der Waals surface area contributed by atoms with E-state index in [-0.39, 0.29) is 31.0 Å². The second kappa shape index (κ2) is 12.7. The van der Waals surface area contributed by atoms with E-state index >= 15 is 0 Å².